The standard InChI is InChI=1S/C12H11O4P/c13-17(14,15)16-12-9-5-4-8-11(12)10-6-2-1-3-7-10/h1-9H,(H2,13,14,15). The van der Waals surface area contributed by atoms with E-state index in [0.717, 1.165) is 5.56 Å². The molecule has 2 aromatic carbocycles. The molecule has 0 unspecified atom stereocenters. The van der Waals surface area contributed by atoms with Crippen molar-refractivity contribution in [1.29, 1.82) is 0 Å². The van der Waals surface area contributed by atoms with Crippen LogP contribution in [0.15, 0.2) is 54.6 Å². The minimum absolute atomic E-state index is 0.173. The minimum atomic E-state index is -4.53. The highest BCUT2D eigenvalue weighted by Gasteiger charge is 2.18. The van der Waals surface area contributed by atoms with Crippen LogP contribution in [0.25, 0.3) is 11.1 Å². The Balaban J connectivity index is 2.45. The van der Waals surface area contributed by atoms with E-state index >= 15 is 0 Å². The molecule has 0 atom stereocenters. The molecule has 0 aliphatic heterocycles. The average molecular weight is 250 g/mol. The van der Waals surface area contributed by atoms with Gasteiger partial charge in [-0.05, 0) is 11.6 Å². The maximum atomic E-state index is 10.9. The SMILES string of the molecule is O=P(O)(O)Oc1ccccc1-c1ccccc1. The maximum absolute atomic E-state index is 10.9. The Labute approximate surface area is 98.7 Å². The number of para-hydroxylation sites is 1. The summed E-state index contributed by atoms with van der Waals surface area (Å²) in [7, 11) is -4.53. The fraction of sp³-hybridized carbons (Fsp3) is 0. The highest BCUT2D eigenvalue weighted by Crippen LogP contribution is 2.41. The van der Waals surface area contributed by atoms with Crippen molar-refractivity contribution in [2.75, 3.05) is 0 Å². The van der Waals surface area contributed by atoms with Gasteiger partial charge in [-0.2, -0.15) is 0 Å². The Morgan fingerprint density at radius 3 is 2.12 bits per heavy atom. The lowest BCUT2D eigenvalue weighted by atomic mass is 10.1. The van der Waals surface area contributed by atoms with Gasteiger partial charge in [-0.1, -0.05) is 48.5 Å². The molecular weight excluding hydrogens is 239 g/mol. The molecule has 4 nitrogen and oxygen atoms in total. The highest BCUT2D eigenvalue weighted by molar-refractivity contribution is 7.46. The zero-order chi connectivity index (χ0) is 12.3. The van der Waals surface area contributed by atoms with Gasteiger partial charge in [0.1, 0.15) is 5.75 Å². The molecule has 5 heteroatoms. The highest BCUT2D eigenvalue weighted by atomic mass is 31.2. The van der Waals surface area contributed by atoms with E-state index < -0.39 is 7.82 Å². The van der Waals surface area contributed by atoms with E-state index in [0.29, 0.717) is 5.56 Å². The second-order valence-electron chi connectivity index (χ2n) is 3.44. The summed E-state index contributed by atoms with van der Waals surface area (Å²) in [5, 5.41) is 0. The number of phosphoric acid groups is 1. The molecule has 0 bridgehead atoms. The van der Waals surface area contributed by atoms with Gasteiger partial charge in [0, 0.05) is 5.56 Å². The minimum Gasteiger partial charge on any atom is -0.404 e. The van der Waals surface area contributed by atoms with E-state index in [1.54, 1.807) is 18.2 Å². The van der Waals surface area contributed by atoms with E-state index in [-0.39, 0.29) is 5.75 Å². The predicted octanol–water partition coefficient (Wildman–Crippen LogP) is 2.83. The van der Waals surface area contributed by atoms with Crippen molar-refractivity contribution in [2.24, 2.45) is 0 Å². The molecule has 0 heterocycles. The van der Waals surface area contributed by atoms with Crippen LogP contribution in [0.5, 0.6) is 5.75 Å². The van der Waals surface area contributed by atoms with Crippen LogP contribution in [-0.4, -0.2) is 9.79 Å². The monoisotopic (exact) mass is 250 g/mol. The van der Waals surface area contributed by atoms with Gasteiger partial charge in [0.15, 0.2) is 0 Å². The maximum Gasteiger partial charge on any atom is 0.524 e. The van der Waals surface area contributed by atoms with Gasteiger partial charge in [-0.15, -0.1) is 0 Å². The van der Waals surface area contributed by atoms with E-state index in [1.165, 1.54) is 6.07 Å². The molecule has 0 spiro atoms. The van der Waals surface area contributed by atoms with Gasteiger partial charge >= 0.3 is 7.82 Å². The van der Waals surface area contributed by atoms with Crippen molar-refractivity contribution in [3.05, 3.63) is 54.6 Å². The summed E-state index contributed by atoms with van der Waals surface area (Å²) in [6.45, 7) is 0. The average Bonchev–Trinajstić information content (AvgIpc) is 2.29. The summed E-state index contributed by atoms with van der Waals surface area (Å²) >= 11 is 0. The third kappa shape index (κ3) is 3.17. The van der Waals surface area contributed by atoms with Crippen molar-refractivity contribution >= 4 is 7.82 Å². The molecule has 0 aliphatic carbocycles. The first-order chi connectivity index (χ1) is 8.06. The second kappa shape index (κ2) is 4.72. The summed E-state index contributed by atoms with van der Waals surface area (Å²) in [5.74, 6) is 0.173. The first-order valence-corrected chi connectivity index (χ1v) is 6.49. The molecule has 2 aromatic rings. The molecule has 0 saturated carbocycles. The van der Waals surface area contributed by atoms with Gasteiger partial charge < -0.3 is 4.52 Å². The number of hydrogen-bond acceptors (Lipinski definition) is 2. The van der Waals surface area contributed by atoms with Crippen LogP contribution in [0, 0.1) is 0 Å². The first kappa shape index (κ1) is 11.9. The van der Waals surface area contributed by atoms with E-state index in [9.17, 15) is 4.57 Å². The van der Waals surface area contributed by atoms with Gasteiger partial charge in [-0.25, -0.2) is 4.57 Å². The lowest BCUT2D eigenvalue weighted by Crippen LogP contribution is -1.92. The lowest BCUT2D eigenvalue weighted by Gasteiger charge is -2.11. The molecule has 2 rings (SSSR count). The predicted molar refractivity (Wildman–Crippen MR) is 64.6 cm³/mol. The smallest absolute Gasteiger partial charge is 0.404 e. The van der Waals surface area contributed by atoms with Crippen molar-refractivity contribution in [3.63, 3.8) is 0 Å². The molecule has 0 amide bonds. The third-order valence-corrected chi connectivity index (χ3v) is 2.62. The van der Waals surface area contributed by atoms with Gasteiger partial charge in [0.05, 0.1) is 0 Å². The molecule has 88 valence electrons. The van der Waals surface area contributed by atoms with Crippen molar-refractivity contribution in [3.8, 4) is 16.9 Å². The molecule has 2 N–H and O–H groups in total. The normalized spacial score (nSPS) is 11.2. The summed E-state index contributed by atoms with van der Waals surface area (Å²) < 4.78 is 15.5. The Bertz CT molecular complexity index is 547. The Morgan fingerprint density at radius 1 is 0.882 bits per heavy atom. The second-order valence-corrected chi connectivity index (χ2v) is 4.61. The Kier molecular flexibility index (Phi) is 3.29. The van der Waals surface area contributed by atoms with Crippen LogP contribution < -0.4 is 4.52 Å². The topological polar surface area (TPSA) is 66.8 Å². The van der Waals surface area contributed by atoms with E-state index in [4.69, 9.17) is 9.79 Å². The number of rotatable bonds is 3. The van der Waals surface area contributed by atoms with Gasteiger partial charge in [-0.3, -0.25) is 9.79 Å². The lowest BCUT2D eigenvalue weighted by molar-refractivity contribution is 0.283. The molecule has 0 aliphatic rings. The van der Waals surface area contributed by atoms with Crippen molar-refractivity contribution < 1.29 is 18.9 Å². The van der Waals surface area contributed by atoms with Crippen LogP contribution in [-0.2, 0) is 4.57 Å². The number of benzene rings is 2. The summed E-state index contributed by atoms with van der Waals surface area (Å²) in [6, 6.07) is 16.0. The quantitative estimate of drug-likeness (QED) is 0.822. The molecular formula is C12H11O4P. The largest absolute Gasteiger partial charge is 0.524 e. The fourth-order valence-corrected chi connectivity index (χ4v) is 1.95. The fourth-order valence-electron chi connectivity index (χ4n) is 1.53. The number of hydrogen-bond donors (Lipinski definition) is 2. The molecule has 0 radical (unpaired) electrons. The van der Waals surface area contributed by atoms with Crippen molar-refractivity contribution in [2.45, 2.75) is 0 Å². The van der Waals surface area contributed by atoms with Crippen LogP contribution in [0.3, 0.4) is 0 Å². The zero-order valence-corrected chi connectivity index (χ0v) is 9.75. The van der Waals surface area contributed by atoms with Gasteiger partial charge in [0.25, 0.3) is 0 Å². The molecule has 0 fully saturated rings. The molecule has 17 heavy (non-hydrogen) atoms. The molecule has 0 aromatic heterocycles. The van der Waals surface area contributed by atoms with Crippen molar-refractivity contribution in [1.82, 2.24) is 0 Å². The number of phosphoric ester groups is 1. The Morgan fingerprint density at radius 2 is 1.47 bits per heavy atom. The summed E-state index contributed by atoms with van der Waals surface area (Å²) in [4.78, 5) is 17.7. The molecule has 0 saturated heterocycles. The van der Waals surface area contributed by atoms with E-state index in [1.807, 2.05) is 30.3 Å². The van der Waals surface area contributed by atoms with E-state index in [2.05, 4.69) is 4.52 Å². The van der Waals surface area contributed by atoms with Gasteiger partial charge in [0.2, 0.25) is 0 Å². The van der Waals surface area contributed by atoms with Crippen LogP contribution >= 0.6 is 7.82 Å². The van der Waals surface area contributed by atoms with Crippen LogP contribution in [0.1, 0.15) is 0 Å². The third-order valence-electron chi connectivity index (χ3n) is 2.19. The van der Waals surface area contributed by atoms with Crippen LogP contribution in [0.4, 0.5) is 0 Å². The Hall–Kier alpha value is -1.61. The first-order valence-electron chi connectivity index (χ1n) is 4.96. The summed E-state index contributed by atoms with van der Waals surface area (Å²) in [6.07, 6.45) is 0. The van der Waals surface area contributed by atoms with Crippen LogP contribution in [0.2, 0.25) is 0 Å². The summed E-state index contributed by atoms with van der Waals surface area (Å²) in [5.41, 5.74) is 1.49. The zero-order valence-electron chi connectivity index (χ0n) is 8.85.